The van der Waals surface area contributed by atoms with Gasteiger partial charge in [0.05, 0.1) is 0 Å². The molecule has 1 N–H and O–H groups in total. The molecule has 17 heavy (non-hydrogen) atoms. The Hall–Kier alpha value is -0.250. The molecular weight excluding hydrogens is 227 g/mol. The van der Waals surface area contributed by atoms with E-state index >= 15 is 0 Å². The molecule has 1 fully saturated rings. The summed E-state index contributed by atoms with van der Waals surface area (Å²) in [4.78, 5) is 0. The zero-order valence-corrected chi connectivity index (χ0v) is 11.0. The van der Waals surface area contributed by atoms with Crippen molar-refractivity contribution in [2.24, 2.45) is 17.8 Å². The highest BCUT2D eigenvalue weighted by atomic mass is 19.4. The van der Waals surface area contributed by atoms with Gasteiger partial charge >= 0.3 is 6.18 Å². The van der Waals surface area contributed by atoms with Crippen LogP contribution in [-0.4, -0.2) is 18.8 Å². The topological polar surface area (TPSA) is 12.0 Å². The maximum absolute atomic E-state index is 13.0. The summed E-state index contributed by atoms with van der Waals surface area (Å²) in [6, 6.07) is -1.31. The van der Waals surface area contributed by atoms with E-state index in [0.29, 0.717) is 31.2 Å². The van der Waals surface area contributed by atoms with Crippen molar-refractivity contribution in [3.63, 3.8) is 0 Å². The van der Waals surface area contributed by atoms with Crippen LogP contribution in [0.4, 0.5) is 13.2 Å². The summed E-state index contributed by atoms with van der Waals surface area (Å²) in [5, 5.41) is 2.69. The molecule has 0 radical (unpaired) electrons. The first-order valence-corrected chi connectivity index (χ1v) is 6.66. The Bertz CT molecular complexity index is 227. The van der Waals surface area contributed by atoms with Gasteiger partial charge in [-0.25, -0.2) is 0 Å². The first-order chi connectivity index (χ1) is 7.86. The minimum Gasteiger partial charge on any atom is -0.306 e. The minimum absolute atomic E-state index is 0.243. The van der Waals surface area contributed by atoms with Crippen LogP contribution in [0.2, 0.25) is 0 Å². The Kier molecular flexibility index (Phi) is 5.29. The van der Waals surface area contributed by atoms with Gasteiger partial charge in [0.2, 0.25) is 0 Å². The largest absolute Gasteiger partial charge is 0.404 e. The van der Waals surface area contributed by atoms with E-state index in [9.17, 15) is 13.2 Å². The predicted octanol–water partition coefficient (Wildman–Crippen LogP) is 3.99. The van der Waals surface area contributed by atoms with Gasteiger partial charge in [-0.1, -0.05) is 27.2 Å². The average Bonchev–Trinajstić information content (AvgIpc) is 2.22. The molecule has 1 rings (SSSR count). The molecule has 0 aromatic rings. The van der Waals surface area contributed by atoms with E-state index in [2.05, 4.69) is 19.2 Å². The van der Waals surface area contributed by atoms with E-state index in [0.717, 1.165) is 12.8 Å². The lowest BCUT2D eigenvalue weighted by Gasteiger charge is -2.37. The first kappa shape index (κ1) is 14.8. The number of hydrogen-bond acceptors (Lipinski definition) is 1. The zero-order valence-electron chi connectivity index (χ0n) is 11.0. The maximum atomic E-state index is 13.0. The van der Waals surface area contributed by atoms with Crippen molar-refractivity contribution >= 4 is 0 Å². The van der Waals surface area contributed by atoms with Gasteiger partial charge in [-0.2, -0.15) is 13.2 Å². The minimum atomic E-state index is -4.11. The van der Waals surface area contributed by atoms with Crippen molar-refractivity contribution in [2.45, 2.75) is 58.7 Å². The fourth-order valence-corrected chi connectivity index (χ4v) is 2.74. The number of halogens is 3. The van der Waals surface area contributed by atoms with Crippen LogP contribution in [0.25, 0.3) is 0 Å². The molecule has 102 valence electrons. The lowest BCUT2D eigenvalue weighted by atomic mass is 9.73. The fourth-order valence-electron chi connectivity index (χ4n) is 2.74. The van der Waals surface area contributed by atoms with E-state index < -0.39 is 12.2 Å². The second-order valence-electron chi connectivity index (χ2n) is 5.50. The third-order valence-corrected chi connectivity index (χ3v) is 4.08. The molecule has 1 aliphatic rings. The Balaban J connectivity index is 2.63. The van der Waals surface area contributed by atoms with Gasteiger partial charge in [-0.3, -0.25) is 0 Å². The van der Waals surface area contributed by atoms with Gasteiger partial charge in [-0.15, -0.1) is 0 Å². The molecule has 1 nitrogen and oxygen atoms in total. The van der Waals surface area contributed by atoms with Crippen LogP contribution in [-0.2, 0) is 0 Å². The third kappa shape index (κ3) is 4.16. The highest BCUT2D eigenvalue weighted by Gasteiger charge is 2.45. The van der Waals surface area contributed by atoms with Crippen LogP contribution in [0.1, 0.15) is 46.5 Å². The number of alkyl halides is 3. The van der Waals surface area contributed by atoms with Crippen molar-refractivity contribution < 1.29 is 13.2 Å². The van der Waals surface area contributed by atoms with Crippen molar-refractivity contribution in [2.75, 3.05) is 6.54 Å². The Labute approximate surface area is 102 Å². The van der Waals surface area contributed by atoms with E-state index in [1.807, 2.05) is 6.92 Å². The van der Waals surface area contributed by atoms with Crippen molar-refractivity contribution in [1.29, 1.82) is 0 Å². The molecule has 1 aliphatic carbocycles. The van der Waals surface area contributed by atoms with Crippen molar-refractivity contribution in [3.05, 3.63) is 0 Å². The molecule has 4 unspecified atom stereocenters. The lowest BCUT2D eigenvalue weighted by Crippen LogP contribution is -2.49. The van der Waals surface area contributed by atoms with Gasteiger partial charge in [-0.05, 0) is 43.6 Å². The average molecular weight is 251 g/mol. The van der Waals surface area contributed by atoms with Gasteiger partial charge in [0.1, 0.15) is 6.04 Å². The van der Waals surface area contributed by atoms with E-state index in [-0.39, 0.29) is 5.92 Å². The number of hydrogen-bond donors (Lipinski definition) is 1. The van der Waals surface area contributed by atoms with Gasteiger partial charge in [0.15, 0.2) is 0 Å². The number of rotatable bonds is 4. The van der Waals surface area contributed by atoms with E-state index in [4.69, 9.17) is 0 Å². The predicted molar refractivity (Wildman–Crippen MR) is 63.8 cm³/mol. The highest BCUT2D eigenvalue weighted by molar-refractivity contribution is 4.87. The summed E-state index contributed by atoms with van der Waals surface area (Å²) in [5.41, 5.74) is 0. The Morgan fingerprint density at radius 2 is 1.82 bits per heavy atom. The second kappa shape index (κ2) is 6.07. The fraction of sp³-hybridized carbons (Fsp3) is 1.00. The van der Waals surface area contributed by atoms with E-state index in [1.54, 1.807) is 0 Å². The molecule has 4 atom stereocenters. The molecule has 0 saturated heterocycles. The molecule has 1 saturated carbocycles. The molecule has 0 aromatic heterocycles. The summed E-state index contributed by atoms with van der Waals surface area (Å²) >= 11 is 0. The summed E-state index contributed by atoms with van der Waals surface area (Å²) in [7, 11) is 0. The van der Waals surface area contributed by atoms with E-state index in [1.165, 1.54) is 0 Å². The summed E-state index contributed by atoms with van der Waals surface area (Å²) < 4.78 is 39.0. The number of nitrogens with one attached hydrogen (secondary N) is 1. The Morgan fingerprint density at radius 3 is 2.29 bits per heavy atom. The molecule has 0 spiro atoms. The maximum Gasteiger partial charge on any atom is 0.404 e. The Morgan fingerprint density at radius 1 is 1.18 bits per heavy atom. The van der Waals surface area contributed by atoms with Gasteiger partial charge < -0.3 is 5.32 Å². The summed E-state index contributed by atoms with van der Waals surface area (Å²) in [6.07, 6.45) is -1.05. The van der Waals surface area contributed by atoms with Crippen molar-refractivity contribution in [3.8, 4) is 0 Å². The normalized spacial score (nSPS) is 32.5. The highest BCUT2D eigenvalue weighted by Crippen LogP contribution is 2.39. The molecule has 0 heterocycles. The van der Waals surface area contributed by atoms with Crippen LogP contribution in [0, 0.1) is 17.8 Å². The molecule has 0 aliphatic heterocycles. The van der Waals surface area contributed by atoms with Crippen LogP contribution in [0.3, 0.4) is 0 Å². The summed E-state index contributed by atoms with van der Waals surface area (Å²) in [5.74, 6) is 0.723. The quantitative estimate of drug-likeness (QED) is 0.796. The zero-order chi connectivity index (χ0) is 13.1. The standard InChI is InChI=1S/C13H24F3N/c1-4-7-17-12(13(14,15)16)11-6-5-9(2)10(3)8-11/h9-12,17H,4-8H2,1-3H3. The van der Waals surface area contributed by atoms with Crippen molar-refractivity contribution in [1.82, 2.24) is 5.32 Å². The van der Waals surface area contributed by atoms with Crippen LogP contribution < -0.4 is 5.32 Å². The lowest BCUT2D eigenvalue weighted by molar-refractivity contribution is -0.172. The molecule has 0 amide bonds. The SMILES string of the molecule is CCCNC(C1CCC(C)C(C)C1)C(F)(F)F. The molecule has 4 heteroatoms. The monoisotopic (exact) mass is 251 g/mol. The van der Waals surface area contributed by atoms with Crippen LogP contribution in [0.15, 0.2) is 0 Å². The first-order valence-electron chi connectivity index (χ1n) is 6.66. The van der Waals surface area contributed by atoms with Crippen LogP contribution >= 0.6 is 0 Å². The molecule has 0 aromatic carbocycles. The smallest absolute Gasteiger partial charge is 0.306 e. The second-order valence-corrected chi connectivity index (χ2v) is 5.50. The third-order valence-electron chi connectivity index (χ3n) is 4.08. The van der Waals surface area contributed by atoms with Crippen LogP contribution in [0.5, 0.6) is 0 Å². The summed E-state index contributed by atoms with van der Waals surface area (Å²) in [6.45, 7) is 6.56. The van der Waals surface area contributed by atoms with Gasteiger partial charge in [0.25, 0.3) is 0 Å². The van der Waals surface area contributed by atoms with Gasteiger partial charge in [0, 0.05) is 0 Å². The molecular formula is C13H24F3N. The molecule has 0 bridgehead atoms.